The van der Waals surface area contributed by atoms with E-state index in [1.165, 1.54) is 24.3 Å². The molecule has 1 fully saturated rings. The van der Waals surface area contributed by atoms with Crippen molar-refractivity contribution in [3.63, 3.8) is 0 Å². The van der Waals surface area contributed by atoms with E-state index in [1.807, 2.05) is 0 Å². The van der Waals surface area contributed by atoms with Gasteiger partial charge in [-0.15, -0.1) is 0 Å². The standard InChI is InChI=1S/C18H10Cl2N2O6S/c19-11-2-1-9(12(20)5-11)7-21-17(23)16(29-18(21)24)4-10-3-14-15(28-8-27-14)6-13(10)22(25)26/h1-6H,7-8H2/b16-4-. The number of rotatable bonds is 4. The quantitative estimate of drug-likeness (QED) is 0.370. The Morgan fingerprint density at radius 2 is 1.90 bits per heavy atom. The highest BCUT2D eigenvalue weighted by atomic mass is 35.5. The van der Waals surface area contributed by atoms with Gasteiger partial charge in [0, 0.05) is 10.0 Å². The number of nitrogens with zero attached hydrogens (tertiary/aromatic N) is 2. The molecular formula is C18H10Cl2N2O6S. The van der Waals surface area contributed by atoms with Gasteiger partial charge in [-0.2, -0.15) is 0 Å². The summed E-state index contributed by atoms with van der Waals surface area (Å²) < 4.78 is 10.4. The minimum Gasteiger partial charge on any atom is -0.454 e. The largest absolute Gasteiger partial charge is 0.454 e. The minimum absolute atomic E-state index is 0.0404. The molecule has 2 aliphatic heterocycles. The van der Waals surface area contributed by atoms with E-state index >= 15 is 0 Å². The van der Waals surface area contributed by atoms with Gasteiger partial charge in [-0.3, -0.25) is 24.6 Å². The number of hydrogen-bond donors (Lipinski definition) is 0. The number of thioether (sulfide) groups is 1. The van der Waals surface area contributed by atoms with Gasteiger partial charge in [0.1, 0.15) is 0 Å². The zero-order chi connectivity index (χ0) is 20.7. The Morgan fingerprint density at radius 3 is 2.59 bits per heavy atom. The van der Waals surface area contributed by atoms with E-state index in [4.69, 9.17) is 32.7 Å². The summed E-state index contributed by atoms with van der Waals surface area (Å²) in [4.78, 5) is 37.0. The molecule has 2 heterocycles. The molecular weight excluding hydrogens is 443 g/mol. The van der Waals surface area contributed by atoms with Crippen LogP contribution in [0.15, 0.2) is 35.2 Å². The second-order valence-electron chi connectivity index (χ2n) is 6.02. The van der Waals surface area contributed by atoms with E-state index in [0.717, 1.165) is 4.90 Å². The summed E-state index contributed by atoms with van der Waals surface area (Å²) in [6, 6.07) is 7.38. The summed E-state index contributed by atoms with van der Waals surface area (Å²) in [6.45, 7) is -0.0877. The minimum atomic E-state index is -0.592. The lowest BCUT2D eigenvalue weighted by Crippen LogP contribution is -2.27. The second kappa shape index (κ2) is 7.58. The molecule has 0 radical (unpaired) electrons. The van der Waals surface area contributed by atoms with Gasteiger partial charge in [0.25, 0.3) is 16.8 Å². The number of hydrogen-bond acceptors (Lipinski definition) is 7. The molecule has 2 aromatic carbocycles. The first-order valence-corrected chi connectivity index (χ1v) is 9.68. The van der Waals surface area contributed by atoms with E-state index in [1.54, 1.807) is 12.1 Å². The number of nitro groups is 1. The number of amides is 2. The van der Waals surface area contributed by atoms with Crippen LogP contribution in [0.4, 0.5) is 10.5 Å². The Labute approximate surface area is 178 Å². The third-order valence-corrected chi connectivity index (χ3v) is 5.72. The summed E-state index contributed by atoms with van der Waals surface area (Å²) >= 11 is 12.7. The maximum absolute atomic E-state index is 12.7. The Hall–Kier alpha value is -2.75. The molecule has 0 spiro atoms. The van der Waals surface area contributed by atoms with Gasteiger partial charge in [-0.1, -0.05) is 29.3 Å². The lowest BCUT2D eigenvalue weighted by Gasteiger charge is -2.13. The number of fused-ring (bicyclic) bond motifs is 1. The van der Waals surface area contributed by atoms with Gasteiger partial charge in [-0.05, 0) is 41.6 Å². The van der Waals surface area contributed by atoms with E-state index < -0.39 is 16.1 Å². The topological polar surface area (TPSA) is 99.0 Å². The van der Waals surface area contributed by atoms with Crippen molar-refractivity contribution < 1.29 is 24.0 Å². The van der Waals surface area contributed by atoms with Gasteiger partial charge in [0.2, 0.25) is 6.79 Å². The van der Waals surface area contributed by atoms with Gasteiger partial charge in [0.05, 0.1) is 28.0 Å². The molecule has 0 N–H and O–H groups in total. The number of imide groups is 1. The number of ether oxygens (including phenoxy) is 2. The zero-order valence-corrected chi connectivity index (χ0v) is 16.7. The fourth-order valence-corrected chi connectivity index (χ4v) is 4.12. The highest BCUT2D eigenvalue weighted by molar-refractivity contribution is 8.18. The maximum Gasteiger partial charge on any atom is 0.293 e. The maximum atomic E-state index is 12.7. The number of carbonyl (C=O) groups is 2. The fraction of sp³-hybridized carbons (Fsp3) is 0.111. The van der Waals surface area contributed by atoms with Crippen molar-refractivity contribution in [2.24, 2.45) is 0 Å². The molecule has 1 saturated heterocycles. The molecule has 0 aromatic heterocycles. The molecule has 4 rings (SSSR count). The van der Waals surface area contributed by atoms with Crippen LogP contribution in [0.25, 0.3) is 6.08 Å². The van der Waals surface area contributed by atoms with Crippen LogP contribution >= 0.6 is 35.0 Å². The smallest absolute Gasteiger partial charge is 0.293 e. The lowest BCUT2D eigenvalue weighted by atomic mass is 10.1. The molecule has 29 heavy (non-hydrogen) atoms. The predicted octanol–water partition coefficient (Wildman–Crippen LogP) is 4.87. The number of benzene rings is 2. The van der Waals surface area contributed by atoms with Gasteiger partial charge in [0.15, 0.2) is 11.5 Å². The van der Waals surface area contributed by atoms with Crippen molar-refractivity contribution >= 4 is 57.9 Å². The highest BCUT2D eigenvalue weighted by Crippen LogP contribution is 2.41. The van der Waals surface area contributed by atoms with E-state index in [9.17, 15) is 19.7 Å². The molecule has 2 aliphatic rings. The van der Waals surface area contributed by atoms with Crippen LogP contribution in [0.3, 0.4) is 0 Å². The average Bonchev–Trinajstić information content (AvgIpc) is 3.22. The summed E-state index contributed by atoms with van der Waals surface area (Å²) in [6.07, 6.45) is 1.30. The Kier molecular flexibility index (Phi) is 5.12. The van der Waals surface area contributed by atoms with Crippen LogP contribution in [0.1, 0.15) is 11.1 Å². The van der Waals surface area contributed by atoms with Crippen LogP contribution in [0.5, 0.6) is 11.5 Å². The Balaban J connectivity index is 1.65. The third-order valence-electron chi connectivity index (χ3n) is 4.22. The molecule has 0 saturated carbocycles. The predicted molar refractivity (Wildman–Crippen MR) is 107 cm³/mol. The van der Waals surface area contributed by atoms with E-state index in [2.05, 4.69) is 0 Å². The van der Waals surface area contributed by atoms with Crippen molar-refractivity contribution in [2.45, 2.75) is 6.54 Å². The van der Waals surface area contributed by atoms with Crippen molar-refractivity contribution in [2.75, 3.05) is 6.79 Å². The first-order chi connectivity index (χ1) is 13.8. The Morgan fingerprint density at radius 1 is 1.17 bits per heavy atom. The molecule has 0 bridgehead atoms. The third kappa shape index (κ3) is 3.76. The molecule has 2 aromatic rings. The zero-order valence-electron chi connectivity index (χ0n) is 14.4. The first-order valence-electron chi connectivity index (χ1n) is 8.11. The van der Waals surface area contributed by atoms with Crippen molar-refractivity contribution in [1.82, 2.24) is 4.90 Å². The van der Waals surface area contributed by atoms with E-state index in [0.29, 0.717) is 33.1 Å². The molecule has 11 heteroatoms. The van der Waals surface area contributed by atoms with Gasteiger partial charge in [-0.25, -0.2) is 0 Å². The Bertz CT molecular complexity index is 1100. The molecule has 0 aliphatic carbocycles. The van der Waals surface area contributed by atoms with Gasteiger partial charge < -0.3 is 9.47 Å². The SMILES string of the molecule is O=C1S/C(=C\c2cc3c(cc2[N+](=O)[O-])OCO3)C(=O)N1Cc1ccc(Cl)cc1Cl. The monoisotopic (exact) mass is 452 g/mol. The summed E-state index contributed by atoms with van der Waals surface area (Å²) in [5.74, 6) is 0.00587. The van der Waals surface area contributed by atoms with Crippen LogP contribution in [-0.2, 0) is 11.3 Å². The van der Waals surface area contributed by atoms with E-state index in [-0.39, 0.29) is 35.2 Å². The van der Waals surface area contributed by atoms with Crippen LogP contribution in [-0.4, -0.2) is 27.8 Å². The number of carbonyl (C=O) groups excluding carboxylic acids is 2. The fourth-order valence-electron chi connectivity index (χ4n) is 2.82. The summed E-state index contributed by atoms with van der Waals surface area (Å²) in [5, 5.41) is 11.7. The molecule has 0 atom stereocenters. The molecule has 0 unspecified atom stereocenters. The number of halogens is 2. The highest BCUT2D eigenvalue weighted by Gasteiger charge is 2.36. The van der Waals surface area contributed by atoms with Crippen LogP contribution < -0.4 is 9.47 Å². The van der Waals surface area contributed by atoms with Crippen LogP contribution in [0.2, 0.25) is 10.0 Å². The summed E-state index contributed by atoms with van der Waals surface area (Å²) in [7, 11) is 0. The van der Waals surface area contributed by atoms with Crippen LogP contribution in [0, 0.1) is 10.1 Å². The second-order valence-corrected chi connectivity index (χ2v) is 7.86. The van der Waals surface area contributed by atoms with Crippen molar-refractivity contribution in [1.29, 1.82) is 0 Å². The molecule has 2 amide bonds. The van der Waals surface area contributed by atoms with Crippen molar-refractivity contribution in [3.05, 3.63) is 66.5 Å². The number of nitro benzene ring substituents is 1. The van der Waals surface area contributed by atoms with Gasteiger partial charge >= 0.3 is 0 Å². The summed E-state index contributed by atoms with van der Waals surface area (Å²) in [5.41, 5.74) is 0.421. The molecule has 148 valence electrons. The first kappa shape index (κ1) is 19.6. The average molecular weight is 453 g/mol. The van der Waals surface area contributed by atoms with Crippen molar-refractivity contribution in [3.8, 4) is 11.5 Å². The normalized spacial score (nSPS) is 16.8. The lowest BCUT2D eigenvalue weighted by molar-refractivity contribution is -0.385. The molecule has 8 nitrogen and oxygen atoms in total.